The monoisotopic (exact) mass is 423 g/mol. The van der Waals surface area contributed by atoms with E-state index in [-0.39, 0.29) is 11.3 Å². The number of hydrogen-bond donors (Lipinski definition) is 1. The molecule has 0 bridgehead atoms. The smallest absolute Gasteiger partial charge is 0.295 e. The molecule has 2 heterocycles. The molecule has 1 atom stereocenters. The number of aromatic nitrogens is 1. The first-order valence-corrected chi connectivity index (χ1v) is 10.7. The molecule has 1 N–H and O–H groups in total. The predicted octanol–water partition coefficient (Wildman–Crippen LogP) is 3.24. The number of Topliss-reactive ketones (excluding diaryl/α,β-unsaturated/α-hetero) is 1. The van der Waals surface area contributed by atoms with E-state index in [0.29, 0.717) is 31.0 Å². The van der Waals surface area contributed by atoms with Crippen molar-refractivity contribution in [2.45, 2.75) is 26.8 Å². The summed E-state index contributed by atoms with van der Waals surface area (Å²) in [4.78, 5) is 33.8. The van der Waals surface area contributed by atoms with Crippen molar-refractivity contribution < 1.29 is 19.4 Å². The topological polar surface area (TPSA) is 83.0 Å². The molecule has 2 aromatic rings. The van der Waals surface area contributed by atoms with Crippen LogP contribution < -0.4 is 4.74 Å². The summed E-state index contributed by atoms with van der Waals surface area (Å²) in [6, 6.07) is 9.77. The minimum atomic E-state index is -0.680. The Bertz CT molecular complexity index is 954. The van der Waals surface area contributed by atoms with Crippen LogP contribution in [-0.4, -0.2) is 64.4 Å². The maximum Gasteiger partial charge on any atom is 0.295 e. The van der Waals surface area contributed by atoms with E-state index in [9.17, 15) is 14.7 Å². The molecule has 1 fully saturated rings. The number of likely N-dealkylation sites (tertiary alicyclic amines) is 1. The SMILES string of the molecule is CCOc1cccc(/C(O)=C2/C(=O)C(=O)N(CCN(CC)CC)C2c2ccncc2)c1. The van der Waals surface area contributed by atoms with Gasteiger partial charge in [-0.05, 0) is 49.8 Å². The third kappa shape index (κ3) is 4.77. The van der Waals surface area contributed by atoms with Crippen LogP contribution >= 0.6 is 0 Å². The molecule has 1 aromatic heterocycles. The summed E-state index contributed by atoms with van der Waals surface area (Å²) in [5, 5.41) is 11.1. The zero-order chi connectivity index (χ0) is 22.4. The lowest BCUT2D eigenvalue weighted by atomic mass is 9.96. The van der Waals surface area contributed by atoms with Gasteiger partial charge in [0.25, 0.3) is 11.7 Å². The normalized spacial score (nSPS) is 18.1. The Morgan fingerprint density at radius 2 is 1.84 bits per heavy atom. The van der Waals surface area contributed by atoms with E-state index in [2.05, 4.69) is 23.7 Å². The van der Waals surface area contributed by atoms with Gasteiger partial charge in [-0.15, -0.1) is 0 Å². The molecule has 3 rings (SSSR count). The van der Waals surface area contributed by atoms with Gasteiger partial charge in [0.05, 0.1) is 18.2 Å². The fourth-order valence-corrected chi connectivity index (χ4v) is 3.85. The number of carbonyl (C=O) groups is 2. The van der Waals surface area contributed by atoms with Crippen LogP contribution in [-0.2, 0) is 9.59 Å². The highest BCUT2D eigenvalue weighted by Crippen LogP contribution is 2.39. The lowest BCUT2D eigenvalue weighted by molar-refractivity contribution is -0.140. The summed E-state index contributed by atoms with van der Waals surface area (Å²) in [5.41, 5.74) is 1.26. The third-order valence-electron chi connectivity index (χ3n) is 5.53. The Kier molecular flexibility index (Phi) is 7.41. The summed E-state index contributed by atoms with van der Waals surface area (Å²) >= 11 is 0. The van der Waals surface area contributed by atoms with Gasteiger partial charge in [-0.2, -0.15) is 0 Å². The number of benzene rings is 1. The summed E-state index contributed by atoms with van der Waals surface area (Å²) in [6.07, 6.45) is 3.24. The fourth-order valence-electron chi connectivity index (χ4n) is 3.85. The molecule has 0 spiro atoms. The molecule has 164 valence electrons. The molecule has 0 aliphatic carbocycles. The maximum atomic E-state index is 13.0. The van der Waals surface area contributed by atoms with Gasteiger partial charge in [0, 0.05) is 31.0 Å². The minimum Gasteiger partial charge on any atom is -0.507 e. The van der Waals surface area contributed by atoms with Crippen LogP contribution in [0.4, 0.5) is 0 Å². The van der Waals surface area contributed by atoms with E-state index in [4.69, 9.17) is 4.74 Å². The number of rotatable bonds is 9. The average Bonchev–Trinajstić information content (AvgIpc) is 3.05. The first kappa shape index (κ1) is 22.5. The second kappa shape index (κ2) is 10.2. The van der Waals surface area contributed by atoms with Crippen LogP contribution in [0.3, 0.4) is 0 Å². The van der Waals surface area contributed by atoms with Crippen molar-refractivity contribution in [3.63, 3.8) is 0 Å². The number of aliphatic hydroxyl groups is 1. The number of ether oxygens (including phenoxy) is 1. The second-order valence-electron chi connectivity index (χ2n) is 7.26. The molecule has 0 radical (unpaired) electrons. The van der Waals surface area contributed by atoms with Crippen molar-refractivity contribution in [2.75, 3.05) is 32.8 Å². The van der Waals surface area contributed by atoms with E-state index in [1.54, 1.807) is 53.7 Å². The number of nitrogens with zero attached hydrogens (tertiary/aromatic N) is 3. The molecule has 31 heavy (non-hydrogen) atoms. The number of pyridine rings is 1. The molecular formula is C24H29N3O4. The quantitative estimate of drug-likeness (QED) is 0.379. The van der Waals surface area contributed by atoms with Crippen molar-refractivity contribution in [1.29, 1.82) is 0 Å². The van der Waals surface area contributed by atoms with Crippen LogP contribution in [0.5, 0.6) is 5.75 Å². The molecule has 1 aliphatic heterocycles. The molecule has 1 aromatic carbocycles. The number of amides is 1. The van der Waals surface area contributed by atoms with Gasteiger partial charge in [0.2, 0.25) is 0 Å². The van der Waals surface area contributed by atoms with E-state index in [0.717, 1.165) is 18.7 Å². The lowest BCUT2D eigenvalue weighted by Gasteiger charge is -2.28. The Balaban J connectivity index is 2.06. The lowest BCUT2D eigenvalue weighted by Crippen LogP contribution is -2.38. The van der Waals surface area contributed by atoms with Crippen LogP contribution in [0.25, 0.3) is 5.76 Å². The Hall–Kier alpha value is -3.19. The number of ketones is 1. The third-order valence-corrected chi connectivity index (χ3v) is 5.53. The van der Waals surface area contributed by atoms with E-state index < -0.39 is 17.7 Å². The first-order chi connectivity index (χ1) is 15.0. The van der Waals surface area contributed by atoms with Gasteiger partial charge in [0.15, 0.2) is 0 Å². The zero-order valence-electron chi connectivity index (χ0n) is 18.2. The van der Waals surface area contributed by atoms with Crippen LogP contribution in [0, 0.1) is 0 Å². The molecule has 7 heteroatoms. The standard InChI is InChI=1S/C24H29N3O4/c1-4-26(5-2)14-15-27-21(17-10-12-25-13-11-17)20(23(29)24(27)30)22(28)18-8-7-9-19(16-18)31-6-3/h7-13,16,21,28H,4-6,14-15H2,1-3H3/b22-20-. The summed E-state index contributed by atoms with van der Waals surface area (Å²) < 4.78 is 5.52. The van der Waals surface area contributed by atoms with Gasteiger partial charge >= 0.3 is 0 Å². The van der Waals surface area contributed by atoms with Crippen LogP contribution in [0.1, 0.15) is 37.9 Å². The highest BCUT2D eigenvalue weighted by molar-refractivity contribution is 6.46. The Morgan fingerprint density at radius 1 is 1.13 bits per heavy atom. The van der Waals surface area contributed by atoms with Gasteiger partial charge < -0.3 is 19.6 Å². The minimum absolute atomic E-state index is 0.0874. The number of hydrogen-bond acceptors (Lipinski definition) is 6. The fraction of sp³-hybridized carbons (Fsp3) is 0.375. The largest absolute Gasteiger partial charge is 0.507 e. The van der Waals surface area contributed by atoms with E-state index in [1.807, 2.05) is 6.92 Å². The van der Waals surface area contributed by atoms with Crippen molar-refractivity contribution in [3.05, 3.63) is 65.5 Å². The molecule has 1 amide bonds. The predicted molar refractivity (Wildman–Crippen MR) is 119 cm³/mol. The zero-order valence-corrected chi connectivity index (χ0v) is 18.2. The Labute approximate surface area is 183 Å². The van der Waals surface area contributed by atoms with Gasteiger partial charge in [0.1, 0.15) is 11.5 Å². The molecule has 0 saturated carbocycles. The molecular weight excluding hydrogens is 394 g/mol. The van der Waals surface area contributed by atoms with E-state index >= 15 is 0 Å². The first-order valence-electron chi connectivity index (χ1n) is 10.7. The van der Waals surface area contributed by atoms with Crippen molar-refractivity contribution >= 4 is 17.4 Å². The second-order valence-corrected chi connectivity index (χ2v) is 7.26. The molecule has 1 aliphatic rings. The van der Waals surface area contributed by atoms with Crippen molar-refractivity contribution in [1.82, 2.24) is 14.8 Å². The molecule has 1 saturated heterocycles. The average molecular weight is 424 g/mol. The van der Waals surface area contributed by atoms with Gasteiger partial charge in [-0.3, -0.25) is 14.6 Å². The Morgan fingerprint density at radius 3 is 2.48 bits per heavy atom. The highest BCUT2D eigenvalue weighted by Gasteiger charge is 2.45. The van der Waals surface area contributed by atoms with E-state index in [1.165, 1.54) is 0 Å². The van der Waals surface area contributed by atoms with Crippen LogP contribution in [0.2, 0.25) is 0 Å². The summed E-state index contributed by atoms with van der Waals surface area (Å²) in [6.45, 7) is 9.20. The number of likely N-dealkylation sites (N-methyl/N-ethyl adjacent to an activating group) is 1. The summed E-state index contributed by atoms with van der Waals surface area (Å²) in [5.74, 6) is -0.896. The molecule has 7 nitrogen and oxygen atoms in total. The van der Waals surface area contributed by atoms with Gasteiger partial charge in [-0.25, -0.2) is 0 Å². The number of carbonyl (C=O) groups excluding carboxylic acids is 2. The molecule has 1 unspecified atom stereocenters. The highest BCUT2D eigenvalue weighted by atomic mass is 16.5. The van der Waals surface area contributed by atoms with Crippen molar-refractivity contribution in [2.24, 2.45) is 0 Å². The van der Waals surface area contributed by atoms with Gasteiger partial charge in [-0.1, -0.05) is 26.0 Å². The maximum absolute atomic E-state index is 13.0. The van der Waals surface area contributed by atoms with Crippen LogP contribution in [0.15, 0.2) is 54.4 Å². The summed E-state index contributed by atoms with van der Waals surface area (Å²) in [7, 11) is 0. The van der Waals surface area contributed by atoms with Crippen molar-refractivity contribution in [3.8, 4) is 5.75 Å². The number of aliphatic hydroxyl groups excluding tert-OH is 1.